The Bertz CT molecular complexity index is 1670. The molecule has 2 unspecified atom stereocenters. The van der Waals surface area contributed by atoms with Crippen LogP contribution in [-0.4, -0.2) is 54.3 Å². The molecule has 2 fully saturated rings. The highest BCUT2D eigenvalue weighted by Gasteiger charge is 2.64. The number of tetrazole rings is 1. The first-order valence-electron chi connectivity index (χ1n) is 14.8. The van der Waals surface area contributed by atoms with E-state index in [2.05, 4.69) is 107 Å². The van der Waals surface area contributed by atoms with Crippen LogP contribution in [0.4, 0.5) is 0 Å². The summed E-state index contributed by atoms with van der Waals surface area (Å²) in [4.78, 5) is 16.3. The Morgan fingerprint density at radius 1 is 0.841 bits per heavy atom. The molecule has 2 saturated heterocycles. The Morgan fingerprint density at radius 3 is 1.95 bits per heavy atom. The van der Waals surface area contributed by atoms with Gasteiger partial charge in [-0.25, -0.2) is 4.68 Å². The maximum absolute atomic E-state index is 14.3. The minimum atomic E-state index is -0.746. The number of β-lactam (4-membered cyclic amide) rings is 1. The van der Waals surface area contributed by atoms with Gasteiger partial charge in [-0.1, -0.05) is 109 Å². The number of hydrogen-bond acceptors (Lipinski definition) is 7. The normalized spacial score (nSPS) is 20.7. The molecular weight excluding hydrogens is 568 g/mol. The fraction of sp³-hybridized carbons (Fsp3) is 0.257. The Morgan fingerprint density at radius 2 is 1.39 bits per heavy atom. The summed E-state index contributed by atoms with van der Waals surface area (Å²) in [6.45, 7) is 4.79. The molecule has 1 amide bonds. The van der Waals surface area contributed by atoms with Crippen molar-refractivity contribution < 1.29 is 9.53 Å². The highest BCUT2D eigenvalue weighted by Crippen LogP contribution is 2.57. The summed E-state index contributed by atoms with van der Waals surface area (Å²) < 4.78 is 7.04. The number of methoxy groups -OCH3 is 1. The van der Waals surface area contributed by atoms with Gasteiger partial charge in [0, 0.05) is 10.3 Å². The average molecular weight is 603 g/mol. The summed E-state index contributed by atoms with van der Waals surface area (Å²) in [5.74, 6) is 1.48. The van der Waals surface area contributed by atoms with Crippen LogP contribution in [0.3, 0.4) is 0 Å². The number of ether oxygens (including phenoxy) is 1. The zero-order chi connectivity index (χ0) is 30.3. The highest BCUT2D eigenvalue weighted by molar-refractivity contribution is 8.01. The molecule has 0 aliphatic carbocycles. The molecule has 2 aliphatic heterocycles. The van der Waals surface area contributed by atoms with E-state index < -0.39 is 11.6 Å². The molecular formula is C35H34N6O2S. The van der Waals surface area contributed by atoms with Gasteiger partial charge in [-0.15, -0.1) is 16.9 Å². The van der Waals surface area contributed by atoms with Gasteiger partial charge in [0.15, 0.2) is 5.82 Å². The second kappa shape index (κ2) is 11.2. The number of benzene rings is 4. The lowest BCUT2D eigenvalue weighted by molar-refractivity contribution is -0.150. The van der Waals surface area contributed by atoms with Crippen LogP contribution >= 0.6 is 11.8 Å². The van der Waals surface area contributed by atoms with Crippen LogP contribution in [0.2, 0.25) is 0 Å². The fourth-order valence-electron chi connectivity index (χ4n) is 6.73. The van der Waals surface area contributed by atoms with Crippen molar-refractivity contribution in [3.05, 3.63) is 143 Å². The van der Waals surface area contributed by atoms with Crippen LogP contribution in [0.5, 0.6) is 5.75 Å². The Kier molecular flexibility index (Phi) is 7.22. The molecule has 5 aromatic rings. The standard InChI is InChI=1S/C35H34N6O2S/c1-34(2)30(31-37-38-39-40(31)23-24-15-13-14-22-28(24)43-3)41-32(42)29(33(41)44-34)36-35(25-16-7-4-8-17-25,26-18-9-5-10-19-26)27-20-11-6-12-21-27/h4-22,29-30,33,36H,23H2,1-3H3/t29?,30?,33-/m0/s1. The predicted molar refractivity (Wildman–Crippen MR) is 171 cm³/mol. The minimum Gasteiger partial charge on any atom is -0.496 e. The lowest BCUT2D eigenvalue weighted by Gasteiger charge is -2.49. The molecule has 0 spiro atoms. The number of carbonyl (C=O) groups is 1. The summed E-state index contributed by atoms with van der Waals surface area (Å²) in [5.41, 5.74) is 3.44. The number of carbonyl (C=O) groups excluding carboxylic acids is 1. The monoisotopic (exact) mass is 602 g/mol. The molecule has 3 atom stereocenters. The second-order valence-corrected chi connectivity index (χ2v) is 13.5. The smallest absolute Gasteiger partial charge is 0.244 e. The number of fused-ring (bicyclic) bond motifs is 1. The number of aromatic nitrogens is 4. The van der Waals surface area contributed by atoms with Crippen molar-refractivity contribution in [2.24, 2.45) is 0 Å². The van der Waals surface area contributed by atoms with Gasteiger partial charge >= 0.3 is 0 Å². The first-order chi connectivity index (χ1) is 21.4. The van der Waals surface area contributed by atoms with Crippen molar-refractivity contribution >= 4 is 17.7 Å². The Balaban J connectivity index is 1.26. The molecule has 8 nitrogen and oxygen atoms in total. The molecule has 0 saturated carbocycles. The van der Waals surface area contributed by atoms with Crippen LogP contribution in [-0.2, 0) is 16.9 Å². The van der Waals surface area contributed by atoms with E-state index in [0.29, 0.717) is 12.4 Å². The van der Waals surface area contributed by atoms with Crippen molar-refractivity contribution in [3.8, 4) is 5.75 Å². The molecule has 1 aromatic heterocycles. The number of para-hydroxylation sites is 1. The van der Waals surface area contributed by atoms with Gasteiger partial charge in [-0.05, 0) is 47.0 Å². The van der Waals surface area contributed by atoms with Crippen LogP contribution in [0.15, 0.2) is 115 Å². The lowest BCUT2D eigenvalue weighted by Crippen LogP contribution is -2.70. The van der Waals surface area contributed by atoms with Crippen LogP contribution in [0.25, 0.3) is 0 Å². The molecule has 222 valence electrons. The van der Waals surface area contributed by atoms with E-state index in [-0.39, 0.29) is 22.1 Å². The van der Waals surface area contributed by atoms with E-state index in [1.165, 1.54) is 0 Å². The number of rotatable bonds is 9. The van der Waals surface area contributed by atoms with Crippen LogP contribution in [0.1, 0.15) is 48.0 Å². The summed E-state index contributed by atoms with van der Waals surface area (Å²) in [6.07, 6.45) is 0. The molecule has 44 heavy (non-hydrogen) atoms. The van der Waals surface area contributed by atoms with E-state index >= 15 is 0 Å². The molecule has 2 aliphatic rings. The first kappa shape index (κ1) is 28.3. The van der Waals surface area contributed by atoms with Gasteiger partial charge in [0.25, 0.3) is 0 Å². The fourth-order valence-corrected chi connectivity index (χ4v) is 8.36. The predicted octanol–water partition coefficient (Wildman–Crippen LogP) is 5.42. The third kappa shape index (κ3) is 4.58. The molecule has 7 rings (SSSR count). The van der Waals surface area contributed by atoms with Crippen molar-refractivity contribution in [1.82, 2.24) is 30.4 Å². The minimum absolute atomic E-state index is 0.0390. The zero-order valence-electron chi connectivity index (χ0n) is 24.9. The van der Waals surface area contributed by atoms with Gasteiger partial charge in [-0.2, -0.15) is 0 Å². The summed E-state index contributed by atoms with van der Waals surface area (Å²) in [6, 6.07) is 38.3. The molecule has 4 aromatic carbocycles. The third-order valence-corrected chi connectivity index (χ3v) is 10.3. The van der Waals surface area contributed by atoms with Crippen molar-refractivity contribution in [2.75, 3.05) is 7.11 Å². The van der Waals surface area contributed by atoms with Gasteiger partial charge in [0.05, 0.1) is 19.2 Å². The number of hydrogen-bond donors (Lipinski definition) is 1. The lowest BCUT2D eigenvalue weighted by atomic mass is 9.76. The summed E-state index contributed by atoms with van der Waals surface area (Å²) >= 11 is 1.79. The average Bonchev–Trinajstić information content (AvgIpc) is 3.61. The highest BCUT2D eigenvalue weighted by atomic mass is 32.2. The molecule has 0 bridgehead atoms. The topological polar surface area (TPSA) is 85.2 Å². The quantitative estimate of drug-likeness (QED) is 0.178. The number of nitrogens with one attached hydrogen (secondary N) is 1. The Hall–Kier alpha value is -4.47. The summed E-state index contributed by atoms with van der Waals surface area (Å²) in [5, 5.41) is 16.7. The summed E-state index contributed by atoms with van der Waals surface area (Å²) in [7, 11) is 1.66. The van der Waals surface area contributed by atoms with Crippen LogP contribution < -0.4 is 10.1 Å². The van der Waals surface area contributed by atoms with E-state index in [4.69, 9.17) is 4.74 Å². The number of amides is 1. The molecule has 3 heterocycles. The van der Waals surface area contributed by atoms with E-state index in [9.17, 15) is 4.79 Å². The molecule has 0 radical (unpaired) electrons. The maximum Gasteiger partial charge on any atom is 0.244 e. The maximum atomic E-state index is 14.3. The van der Waals surface area contributed by atoms with E-state index in [0.717, 1.165) is 28.0 Å². The second-order valence-electron chi connectivity index (χ2n) is 11.7. The third-order valence-electron chi connectivity index (χ3n) is 8.75. The number of nitrogens with zero attached hydrogens (tertiary/aromatic N) is 5. The van der Waals surface area contributed by atoms with Gasteiger partial charge in [0.1, 0.15) is 23.2 Å². The van der Waals surface area contributed by atoms with E-state index in [1.54, 1.807) is 23.6 Å². The van der Waals surface area contributed by atoms with Crippen molar-refractivity contribution in [3.63, 3.8) is 0 Å². The SMILES string of the molecule is COc1ccccc1Cn1nnnc1C1N2C(=O)C(NC(c3ccccc3)(c3ccccc3)c3ccccc3)[C@@H]2SC1(C)C. The van der Waals surface area contributed by atoms with Gasteiger partial charge in [-0.3, -0.25) is 10.1 Å². The van der Waals surface area contributed by atoms with Crippen molar-refractivity contribution in [2.45, 2.75) is 48.1 Å². The number of thioether (sulfide) groups is 1. The van der Waals surface area contributed by atoms with E-state index in [1.807, 2.05) is 47.4 Å². The molecule has 1 N–H and O–H groups in total. The van der Waals surface area contributed by atoms with Gasteiger partial charge in [0.2, 0.25) is 5.91 Å². The van der Waals surface area contributed by atoms with Crippen LogP contribution in [0, 0.1) is 0 Å². The largest absolute Gasteiger partial charge is 0.496 e. The van der Waals surface area contributed by atoms with Gasteiger partial charge < -0.3 is 9.64 Å². The first-order valence-corrected chi connectivity index (χ1v) is 15.6. The molecule has 9 heteroatoms. The Labute approximate surface area is 261 Å². The zero-order valence-corrected chi connectivity index (χ0v) is 25.7. The van der Waals surface area contributed by atoms with Crippen molar-refractivity contribution in [1.29, 1.82) is 0 Å².